The summed E-state index contributed by atoms with van der Waals surface area (Å²) in [6.07, 6.45) is 0. The predicted octanol–water partition coefficient (Wildman–Crippen LogP) is 1.72. The van der Waals surface area contributed by atoms with Gasteiger partial charge < -0.3 is 4.53 Å². The highest BCUT2D eigenvalue weighted by Crippen LogP contribution is 2.36. The van der Waals surface area contributed by atoms with E-state index in [1.165, 1.54) is 6.55 Å². The van der Waals surface area contributed by atoms with Crippen LogP contribution in [0.4, 0.5) is 4.11 Å². The van der Waals surface area contributed by atoms with Crippen molar-refractivity contribution in [3.8, 4) is 0 Å². The topological polar surface area (TPSA) is 35.2 Å². The van der Waals surface area contributed by atoms with Gasteiger partial charge in [-0.15, -0.1) is 0 Å². The zero-order chi connectivity index (χ0) is 7.71. The van der Waals surface area contributed by atoms with Crippen molar-refractivity contribution in [3.05, 3.63) is 0 Å². The van der Waals surface area contributed by atoms with Crippen molar-refractivity contribution in [3.63, 3.8) is 0 Å². The Labute approximate surface area is 56.5 Å². The molecule has 0 fully saturated rings. The van der Waals surface area contributed by atoms with E-state index in [4.69, 9.17) is 5.90 Å². The minimum absolute atomic E-state index is 0.429. The van der Waals surface area contributed by atoms with E-state index in [0.717, 1.165) is 0 Å². The van der Waals surface area contributed by atoms with E-state index < -0.39 is 13.7 Å². The van der Waals surface area contributed by atoms with Gasteiger partial charge in [-0.25, -0.2) is 5.90 Å². The number of halogens is 1. The van der Waals surface area contributed by atoms with Crippen LogP contribution in [-0.2, 0) is 4.53 Å². The van der Waals surface area contributed by atoms with Gasteiger partial charge >= 0.3 is 8.65 Å². The molecule has 0 saturated carbocycles. The molecule has 0 aromatic rings. The summed E-state index contributed by atoms with van der Waals surface area (Å²) in [6, 6.07) is 0. The van der Waals surface area contributed by atoms with E-state index in [1.54, 1.807) is 20.8 Å². The molecule has 4 heteroatoms. The molecule has 2 nitrogen and oxygen atoms in total. The third-order valence-electron chi connectivity index (χ3n) is 1.56. The fraction of sp³-hybridized carbons (Fsp3) is 1.00. The van der Waals surface area contributed by atoms with Gasteiger partial charge in [0.2, 0.25) is 0 Å². The molecule has 0 bridgehead atoms. The average molecular weight is 151 g/mol. The van der Waals surface area contributed by atoms with Crippen molar-refractivity contribution in [2.24, 2.45) is 5.90 Å². The average Bonchev–Trinajstić information content (AvgIpc) is 1.64. The minimum atomic E-state index is -3.10. The van der Waals surface area contributed by atoms with Crippen LogP contribution < -0.4 is 5.90 Å². The molecule has 0 radical (unpaired) electrons. The van der Waals surface area contributed by atoms with E-state index in [0.29, 0.717) is 0 Å². The first-order chi connectivity index (χ1) is 3.81. The Kier molecular flexibility index (Phi) is 2.38. The Hall–Kier alpha value is 0.0669. The first-order valence-electron chi connectivity index (χ1n) is 2.88. The second-order valence-electron chi connectivity index (χ2n) is 3.28. The Bertz CT molecular complexity index is 99.6. The SMILES string of the molecule is CC(C)(C)[Si](C)(F)ON. The molecule has 0 aliphatic heterocycles. The van der Waals surface area contributed by atoms with E-state index in [1.807, 2.05) is 0 Å². The highest BCUT2D eigenvalue weighted by atomic mass is 28.4. The smallest absolute Gasteiger partial charge is 0.310 e. The highest BCUT2D eigenvalue weighted by Gasteiger charge is 2.43. The third-order valence-corrected chi connectivity index (χ3v) is 4.68. The fourth-order valence-electron chi connectivity index (χ4n) is 0.177. The quantitative estimate of drug-likeness (QED) is 0.352. The summed E-state index contributed by atoms with van der Waals surface area (Å²) in [5, 5.41) is -0.429. The van der Waals surface area contributed by atoms with Crippen molar-refractivity contribution in [1.82, 2.24) is 0 Å². The predicted molar refractivity (Wildman–Crippen MR) is 37.7 cm³/mol. The molecule has 9 heavy (non-hydrogen) atoms. The molecular weight excluding hydrogens is 137 g/mol. The van der Waals surface area contributed by atoms with Crippen molar-refractivity contribution in [2.75, 3.05) is 0 Å². The Morgan fingerprint density at radius 2 is 1.78 bits per heavy atom. The summed E-state index contributed by atoms with van der Waals surface area (Å²) >= 11 is 0. The molecule has 1 unspecified atom stereocenters. The number of rotatable bonds is 1. The molecule has 56 valence electrons. The lowest BCUT2D eigenvalue weighted by atomic mass is 10.3. The molecule has 0 saturated heterocycles. The first kappa shape index (κ1) is 9.07. The van der Waals surface area contributed by atoms with Gasteiger partial charge in [-0.1, -0.05) is 20.8 Å². The van der Waals surface area contributed by atoms with Gasteiger partial charge in [0.1, 0.15) is 0 Å². The van der Waals surface area contributed by atoms with Crippen LogP contribution in [0.3, 0.4) is 0 Å². The molecule has 2 N–H and O–H groups in total. The van der Waals surface area contributed by atoms with Crippen LogP contribution in [0.5, 0.6) is 0 Å². The maximum Gasteiger partial charge on any atom is 0.403 e. The summed E-state index contributed by atoms with van der Waals surface area (Å²) in [4.78, 5) is 0. The van der Waals surface area contributed by atoms with Crippen LogP contribution >= 0.6 is 0 Å². The molecule has 0 aromatic heterocycles. The molecule has 1 atom stereocenters. The van der Waals surface area contributed by atoms with Crippen LogP contribution in [0.1, 0.15) is 20.8 Å². The summed E-state index contributed by atoms with van der Waals surface area (Å²) < 4.78 is 17.4. The van der Waals surface area contributed by atoms with E-state index in [9.17, 15) is 4.11 Å². The summed E-state index contributed by atoms with van der Waals surface area (Å²) in [5.74, 6) is 4.78. The fourth-order valence-corrected chi connectivity index (χ4v) is 0.530. The van der Waals surface area contributed by atoms with E-state index in [-0.39, 0.29) is 0 Å². The summed E-state index contributed by atoms with van der Waals surface area (Å²) in [5.41, 5.74) is 0. The Morgan fingerprint density at radius 1 is 1.44 bits per heavy atom. The van der Waals surface area contributed by atoms with Gasteiger partial charge in [-0.05, 0) is 6.55 Å². The number of hydrogen-bond acceptors (Lipinski definition) is 2. The molecule has 0 aromatic carbocycles. The normalized spacial score (nSPS) is 19.3. The van der Waals surface area contributed by atoms with Gasteiger partial charge in [-0.3, -0.25) is 4.11 Å². The van der Waals surface area contributed by atoms with Crippen molar-refractivity contribution >= 4 is 8.65 Å². The second-order valence-corrected chi connectivity index (χ2v) is 6.85. The molecule has 0 aliphatic rings. The minimum Gasteiger partial charge on any atom is -0.310 e. The zero-order valence-electron chi connectivity index (χ0n) is 6.36. The molecule has 0 heterocycles. The molecule has 0 spiro atoms. The largest absolute Gasteiger partial charge is 0.403 e. The summed E-state index contributed by atoms with van der Waals surface area (Å²) in [6.45, 7) is 6.80. The van der Waals surface area contributed by atoms with Crippen LogP contribution in [-0.4, -0.2) is 8.65 Å². The van der Waals surface area contributed by atoms with Gasteiger partial charge in [0.05, 0.1) is 0 Å². The van der Waals surface area contributed by atoms with Gasteiger partial charge in [0, 0.05) is 5.04 Å². The van der Waals surface area contributed by atoms with Gasteiger partial charge in [-0.2, -0.15) is 0 Å². The van der Waals surface area contributed by atoms with Crippen molar-refractivity contribution < 1.29 is 8.63 Å². The molecule has 0 amide bonds. The van der Waals surface area contributed by atoms with Crippen LogP contribution in [0.2, 0.25) is 11.6 Å². The number of hydrogen-bond donors (Lipinski definition) is 1. The monoisotopic (exact) mass is 151 g/mol. The van der Waals surface area contributed by atoms with Crippen molar-refractivity contribution in [1.29, 1.82) is 0 Å². The standard InChI is InChI=1S/C5H14FNOSi/c1-5(2,3)9(4,6)8-7/h7H2,1-4H3. The molecular formula is C5H14FNOSi. The van der Waals surface area contributed by atoms with E-state index >= 15 is 0 Å². The molecule has 0 aliphatic carbocycles. The zero-order valence-corrected chi connectivity index (χ0v) is 7.36. The highest BCUT2D eigenvalue weighted by molar-refractivity contribution is 6.68. The van der Waals surface area contributed by atoms with Crippen molar-refractivity contribution in [2.45, 2.75) is 32.4 Å². The van der Waals surface area contributed by atoms with Gasteiger partial charge in [0.25, 0.3) is 0 Å². The van der Waals surface area contributed by atoms with E-state index in [2.05, 4.69) is 4.53 Å². The lowest BCUT2D eigenvalue weighted by molar-refractivity contribution is 0.255. The Balaban J connectivity index is 4.14. The van der Waals surface area contributed by atoms with Crippen LogP contribution in [0.15, 0.2) is 0 Å². The lowest BCUT2D eigenvalue weighted by Gasteiger charge is -2.28. The van der Waals surface area contributed by atoms with Crippen LogP contribution in [0.25, 0.3) is 0 Å². The lowest BCUT2D eigenvalue weighted by Crippen LogP contribution is -2.41. The molecule has 0 rings (SSSR count). The second kappa shape index (κ2) is 2.36. The maximum atomic E-state index is 13.1. The first-order valence-corrected chi connectivity index (χ1v) is 5.17. The number of nitrogens with two attached hydrogens (primary N) is 1. The third kappa shape index (κ3) is 2.04. The maximum absolute atomic E-state index is 13.1. The Morgan fingerprint density at radius 3 is 1.78 bits per heavy atom. The van der Waals surface area contributed by atoms with Crippen LogP contribution in [0, 0.1) is 0 Å². The van der Waals surface area contributed by atoms with Gasteiger partial charge in [0.15, 0.2) is 0 Å². The summed E-state index contributed by atoms with van der Waals surface area (Å²) in [7, 11) is -3.10.